The van der Waals surface area contributed by atoms with E-state index in [1.165, 1.54) is 75.1 Å². The third-order valence-electron chi connectivity index (χ3n) is 10.2. The summed E-state index contributed by atoms with van der Waals surface area (Å²) < 4.78 is 11.3. The van der Waals surface area contributed by atoms with E-state index in [0.717, 1.165) is 27.5 Å². The maximum absolute atomic E-state index is 6.19. The molecule has 3 aromatic heterocycles. The summed E-state index contributed by atoms with van der Waals surface area (Å²) in [7, 11) is 0. The maximum Gasteiger partial charge on any atom is 0.136 e. The third-order valence-corrected chi connectivity index (χ3v) is 11.4. The first-order valence-corrected chi connectivity index (χ1v) is 17.5. The predicted molar refractivity (Wildman–Crippen MR) is 209 cm³/mol. The Kier molecular flexibility index (Phi) is 5.57. The zero-order chi connectivity index (χ0) is 32.1. The molecule has 0 aliphatic heterocycles. The molecular weight excluding hydrogens is 615 g/mol. The van der Waals surface area contributed by atoms with Crippen LogP contribution in [0.2, 0.25) is 0 Å². The van der Waals surface area contributed by atoms with Gasteiger partial charge in [-0.25, -0.2) is 0 Å². The van der Waals surface area contributed by atoms with Gasteiger partial charge in [0.25, 0.3) is 0 Å². The minimum absolute atomic E-state index is 0.920. The average molecular weight is 642 g/mol. The zero-order valence-corrected chi connectivity index (χ0v) is 27.2. The number of rotatable bonds is 3. The van der Waals surface area contributed by atoms with Crippen molar-refractivity contribution in [3.05, 3.63) is 164 Å². The van der Waals surface area contributed by atoms with E-state index < -0.39 is 0 Å². The zero-order valence-electron chi connectivity index (χ0n) is 26.4. The molecule has 0 saturated carbocycles. The van der Waals surface area contributed by atoms with E-state index in [-0.39, 0.29) is 0 Å². The van der Waals surface area contributed by atoms with Gasteiger partial charge in [0.1, 0.15) is 11.2 Å². The number of aromatic nitrogens is 1. The normalized spacial score (nSPS) is 12.1. The van der Waals surface area contributed by atoms with Crippen LogP contribution < -0.4 is 0 Å². The summed E-state index contributed by atoms with van der Waals surface area (Å²) in [4.78, 5) is 0. The van der Waals surface area contributed by atoms with Crippen molar-refractivity contribution in [3.63, 3.8) is 0 Å². The maximum atomic E-state index is 6.19. The fourth-order valence-corrected chi connectivity index (χ4v) is 9.15. The van der Waals surface area contributed by atoms with Crippen molar-refractivity contribution in [1.29, 1.82) is 0 Å². The summed E-state index contributed by atoms with van der Waals surface area (Å²) in [5.41, 5.74) is 10.2. The summed E-state index contributed by atoms with van der Waals surface area (Å²) in [6, 6.07) is 59.5. The highest BCUT2D eigenvalue weighted by molar-refractivity contribution is 7.26. The van der Waals surface area contributed by atoms with Gasteiger partial charge in [0.15, 0.2) is 0 Å². The van der Waals surface area contributed by atoms with Gasteiger partial charge in [0.2, 0.25) is 0 Å². The Morgan fingerprint density at radius 2 is 1.04 bits per heavy atom. The molecule has 2 nitrogen and oxygen atoms in total. The fraction of sp³-hybridized carbons (Fsp3) is 0. The van der Waals surface area contributed by atoms with Crippen molar-refractivity contribution in [3.8, 4) is 27.9 Å². The van der Waals surface area contributed by atoms with E-state index in [9.17, 15) is 0 Å². The van der Waals surface area contributed by atoms with Crippen LogP contribution in [-0.2, 0) is 0 Å². The molecule has 0 saturated heterocycles. The molecule has 49 heavy (non-hydrogen) atoms. The van der Waals surface area contributed by atoms with Gasteiger partial charge in [-0.15, -0.1) is 11.3 Å². The van der Waals surface area contributed by atoms with Crippen molar-refractivity contribution in [2.75, 3.05) is 0 Å². The Balaban J connectivity index is 1.10. The molecule has 3 heterocycles. The van der Waals surface area contributed by atoms with Gasteiger partial charge in [0.05, 0.1) is 16.7 Å². The quantitative estimate of drug-likeness (QED) is 0.188. The second-order valence-corrected chi connectivity index (χ2v) is 13.9. The van der Waals surface area contributed by atoms with E-state index in [1.807, 2.05) is 23.5 Å². The molecule has 0 bridgehead atoms. The second kappa shape index (κ2) is 10.2. The smallest absolute Gasteiger partial charge is 0.136 e. The summed E-state index contributed by atoms with van der Waals surface area (Å²) in [5.74, 6) is 0. The van der Waals surface area contributed by atoms with Crippen LogP contribution in [0.5, 0.6) is 0 Å². The van der Waals surface area contributed by atoms with Crippen LogP contribution in [0.4, 0.5) is 0 Å². The first-order chi connectivity index (χ1) is 24.3. The molecule has 11 rings (SSSR count). The minimum atomic E-state index is 0.920. The summed E-state index contributed by atoms with van der Waals surface area (Å²) in [6.07, 6.45) is 0. The highest BCUT2D eigenvalue weighted by Crippen LogP contribution is 2.45. The Bertz CT molecular complexity index is 3100. The average Bonchev–Trinajstić information content (AvgIpc) is 3.83. The van der Waals surface area contributed by atoms with Crippen molar-refractivity contribution < 1.29 is 4.42 Å². The number of nitrogens with zero attached hydrogens (tertiary/aromatic N) is 1. The summed E-state index contributed by atoms with van der Waals surface area (Å²) in [5, 5.41) is 10.0. The molecule has 0 fully saturated rings. The van der Waals surface area contributed by atoms with E-state index in [0.29, 0.717) is 0 Å². The van der Waals surface area contributed by atoms with E-state index in [1.54, 1.807) is 0 Å². The van der Waals surface area contributed by atoms with E-state index in [4.69, 9.17) is 4.42 Å². The van der Waals surface area contributed by atoms with Gasteiger partial charge in [-0.2, -0.15) is 0 Å². The molecule has 11 aromatic rings. The van der Waals surface area contributed by atoms with Crippen molar-refractivity contribution in [2.24, 2.45) is 0 Å². The first-order valence-electron chi connectivity index (χ1n) is 16.7. The second-order valence-electron chi connectivity index (χ2n) is 12.9. The van der Waals surface area contributed by atoms with Crippen LogP contribution >= 0.6 is 11.3 Å². The molecule has 8 aromatic carbocycles. The van der Waals surface area contributed by atoms with Crippen LogP contribution in [-0.4, -0.2) is 4.57 Å². The minimum Gasteiger partial charge on any atom is -0.456 e. The van der Waals surface area contributed by atoms with Gasteiger partial charge in [-0.05, 0) is 76.2 Å². The highest BCUT2D eigenvalue weighted by Gasteiger charge is 2.19. The lowest BCUT2D eigenvalue weighted by Gasteiger charge is -2.12. The van der Waals surface area contributed by atoms with E-state index >= 15 is 0 Å². The topological polar surface area (TPSA) is 18.1 Å². The van der Waals surface area contributed by atoms with Crippen LogP contribution in [0, 0.1) is 0 Å². The van der Waals surface area contributed by atoms with Crippen molar-refractivity contribution >= 4 is 86.0 Å². The Morgan fingerprint density at radius 3 is 1.92 bits per heavy atom. The lowest BCUT2D eigenvalue weighted by atomic mass is 9.98. The van der Waals surface area contributed by atoms with Crippen LogP contribution in [0.15, 0.2) is 168 Å². The van der Waals surface area contributed by atoms with Gasteiger partial charge in [-0.1, -0.05) is 115 Å². The van der Waals surface area contributed by atoms with Crippen molar-refractivity contribution in [2.45, 2.75) is 0 Å². The Hall–Kier alpha value is -6.16. The molecule has 0 aliphatic rings. The monoisotopic (exact) mass is 641 g/mol. The SMILES string of the molecule is c1ccc2c(-n3c4ccc(-c5ccc(-c6ccc7c(c6)oc6ccccc67)cc5)cc4c4c5sc6ccccc6c5ccc43)cccc2c1. The van der Waals surface area contributed by atoms with Gasteiger partial charge < -0.3 is 8.98 Å². The number of hydrogen-bond donors (Lipinski definition) is 0. The number of fused-ring (bicyclic) bond motifs is 11. The highest BCUT2D eigenvalue weighted by atomic mass is 32.1. The van der Waals surface area contributed by atoms with Crippen LogP contribution in [0.1, 0.15) is 0 Å². The molecule has 228 valence electrons. The lowest BCUT2D eigenvalue weighted by molar-refractivity contribution is 0.669. The number of thiophene rings is 1. The molecule has 0 spiro atoms. The van der Waals surface area contributed by atoms with Gasteiger partial charge in [-0.3, -0.25) is 0 Å². The number of hydrogen-bond acceptors (Lipinski definition) is 2. The molecule has 0 unspecified atom stereocenters. The van der Waals surface area contributed by atoms with Crippen LogP contribution in [0.3, 0.4) is 0 Å². The number of furan rings is 1. The molecule has 0 aliphatic carbocycles. The molecule has 3 heteroatoms. The Labute approximate surface area is 285 Å². The van der Waals surface area contributed by atoms with Crippen molar-refractivity contribution in [1.82, 2.24) is 4.57 Å². The summed E-state index contributed by atoms with van der Waals surface area (Å²) in [6.45, 7) is 0. The first kappa shape index (κ1) is 26.9. The molecule has 0 radical (unpaired) electrons. The van der Waals surface area contributed by atoms with Gasteiger partial charge >= 0.3 is 0 Å². The summed E-state index contributed by atoms with van der Waals surface area (Å²) >= 11 is 1.90. The number of para-hydroxylation sites is 1. The lowest BCUT2D eigenvalue weighted by Crippen LogP contribution is -1.95. The number of benzene rings is 8. The molecule has 0 amide bonds. The third kappa shape index (κ3) is 3.94. The fourth-order valence-electron chi connectivity index (χ4n) is 7.89. The van der Waals surface area contributed by atoms with E-state index in [2.05, 4.69) is 156 Å². The van der Waals surface area contributed by atoms with Gasteiger partial charge in [0, 0.05) is 47.1 Å². The molecule has 0 atom stereocenters. The Morgan fingerprint density at radius 1 is 0.408 bits per heavy atom. The molecule has 0 N–H and O–H groups in total. The van der Waals surface area contributed by atoms with Crippen LogP contribution in [0.25, 0.3) is 103 Å². The molecular formula is C46H27NOS. The largest absolute Gasteiger partial charge is 0.456 e. The predicted octanol–water partition coefficient (Wildman–Crippen LogP) is 13.5. The standard InChI is InChI=1S/C46H27NOS/c1-2-10-33-30(8-1)9-7-13-39(33)47-40-24-21-31(26-38(40)45-41(47)25-23-37-36-12-4-6-15-44(36)49-46(37)45)28-16-18-29(19-17-28)32-20-22-35-34-11-3-5-14-42(34)48-43(35)27-32/h1-27H.